The fourth-order valence-electron chi connectivity index (χ4n) is 2.08. The molecular weight excluding hydrogens is 228 g/mol. The van der Waals surface area contributed by atoms with E-state index in [1.165, 1.54) is 4.90 Å². The average molecular weight is 252 g/mol. The summed E-state index contributed by atoms with van der Waals surface area (Å²) in [4.78, 5) is 25.8. The topological polar surface area (TPSA) is 49.4 Å². The average Bonchev–Trinajstić information content (AvgIpc) is 2.22. The van der Waals surface area contributed by atoms with E-state index in [4.69, 9.17) is 0 Å². The predicted octanol–water partition coefficient (Wildman–Crippen LogP) is 1.92. The van der Waals surface area contributed by atoms with Crippen LogP contribution in [0.5, 0.6) is 0 Å². The maximum Gasteiger partial charge on any atom is 0.252 e. The van der Waals surface area contributed by atoms with Crippen molar-refractivity contribution in [2.24, 2.45) is 10.8 Å². The predicted molar refractivity (Wildman–Crippen MR) is 71.7 cm³/mol. The molecule has 1 rings (SSSR count). The molecule has 4 heteroatoms. The lowest BCUT2D eigenvalue weighted by atomic mass is 9.78. The van der Waals surface area contributed by atoms with Gasteiger partial charge in [0.25, 0.3) is 5.91 Å². The summed E-state index contributed by atoms with van der Waals surface area (Å²) in [6, 6.07) is 0. The SMILES string of the molecule is CN1CC(=O)NC(C(C)(C)C)=C(C(C)(C)C)C1=O. The van der Waals surface area contributed by atoms with Crippen molar-refractivity contribution in [1.82, 2.24) is 10.2 Å². The molecule has 0 aromatic heterocycles. The molecule has 0 saturated heterocycles. The Hall–Kier alpha value is -1.32. The van der Waals surface area contributed by atoms with E-state index in [0.29, 0.717) is 5.57 Å². The van der Waals surface area contributed by atoms with Gasteiger partial charge in [0.1, 0.15) is 0 Å². The van der Waals surface area contributed by atoms with Gasteiger partial charge in [-0.1, -0.05) is 41.5 Å². The maximum atomic E-state index is 12.5. The molecule has 0 aromatic rings. The number of carbonyl (C=O) groups is 2. The van der Waals surface area contributed by atoms with E-state index < -0.39 is 0 Å². The molecule has 4 nitrogen and oxygen atoms in total. The van der Waals surface area contributed by atoms with Crippen LogP contribution >= 0.6 is 0 Å². The first-order valence-corrected chi connectivity index (χ1v) is 6.25. The van der Waals surface area contributed by atoms with Crippen molar-refractivity contribution in [2.75, 3.05) is 13.6 Å². The Balaban J connectivity index is 3.51. The summed E-state index contributed by atoms with van der Waals surface area (Å²) < 4.78 is 0. The van der Waals surface area contributed by atoms with Gasteiger partial charge < -0.3 is 10.2 Å². The first-order chi connectivity index (χ1) is 7.94. The normalized spacial score (nSPS) is 18.9. The van der Waals surface area contributed by atoms with E-state index in [-0.39, 0.29) is 29.2 Å². The van der Waals surface area contributed by atoms with Crippen molar-refractivity contribution < 1.29 is 9.59 Å². The van der Waals surface area contributed by atoms with E-state index in [0.717, 1.165) is 5.70 Å². The highest BCUT2D eigenvalue weighted by Crippen LogP contribution is 2.36. The molecular formula is C14H24N2O2. The van der Waals surface area contributed by atoms with Crippen molar-refractivity contribution in [3.63, 3.8) is 0 Å². The Morgan fingerprint density at radius 2 is 1.50 bits per heavy atom. The number of amides is 2. The highest BCUT2D eigenvalue weighted by atomic mass is 16.2. The lowest BCUT2D eigenvalue weighted by Crippen LogP contribution is -2.35. The Morgan fingerprint density at radius 1 is 1.00 bits per heavy atom. The fraction of sp³-hybridized carbons (Fsp3) is 0.714. The third kappa shape index (κ3) is 2.92. The first-order valence-electron chi connectivity index (χ1n) is 6.25. The minimum absolute atomic E-state index is 0.0641. The van der Waals surface area contributed by atoms with Gasteiger partial charge in [0.15, 0.2) is 0 Å². The molecule has 1 heterocycles. The zero-order valence-corrected chi connectivity index (χ0v) is 12.5. The molecule has 0 fully saturated rings. The van der Waals surface area contributed by atoms with Gasteiger partial charge in [0.05, 0.1) is 6.54 Å². The molecule has 1 N–H and O–H groups in total. The van der Waals surface area contributed by atoms with E-state index in [1.54, 1.807) is 7.05 Å². The van der Waals surface area contributed by atoms with Gasteiger partial charge in [0.2, 0.25) is 5.91 Å². The lowest BCUT2D eigenvalue weighted by Gasteiger charge is -2.31. The number of allylic oxidation sites excluding steroid dienone is 1. The second-order valence-electron chi connectivity index (χ2n) is 6.96. The van der Waals surface area contributed by atoms with E-state index in [9.17, 15) is 9.59 Å². The molecule has 102 valence electrons. The number of hydrogen-bond acceptors (Lipinski definition) is 2. The summed E-state index contributed by atoms with van der Waals surface area (Å²) in [7, 11) is 1.67. The van der Waals surface area contributed by atoms with Crippen LogP contribution in [0.3, 0.4) is 0 Å². The van der Waals surface area contributed by atoms with E-state index in [1.807, 2.05) is 41.5 Å². The van der Waals surface area contributed by atoms with E-state index >= 15 is 0 Å². The summed E-state index contributed by atoms with van der Waals surface area (Å²) in [5, 5.41) is 2.91. The Labute approximate surface area is 109 Å². The standard InChI is InChI=1S/C14H24N2O2/c1-13(2,3)10-11(14(4,5)6)15-9(17)8-16(7)12(10)18/h8H2,1-7H3,(H,15,17). The highest BCUT2D eigenvalue weighted by molar-refractivity contribution is 6.00. The molecule has 2 amide bonds. The number of carbonyl (C=O) groups excluding carboxylic acids is 2. The Kier molecular flexibility index (Phi) is 3.61. The van der Waals surface area contributed by atoms with Gasteiger partial charge in [-0.15, -0.1) is 0 Å². The summed E-state index contributed by atoms with van der Waals surface area (Å²) in [6.45, 7) is 12.1. The Bertz CT molecular complexity index is 408. The van der Waals surface area contributed by atoms with Crippen molar-refractivity contribution in [2.45, 2.75) is 41.5 Å². The third-order valence-electron chi connectivity index (χ3n) is 2.96. The number of likely N-dealkylation sites (N-methyl/N-ethyl adjacent to an activating group) is 1. The van der Waals surface area contributed by atoms with Crippen molar-refractivity contribution in [3.05, 3.63) is 11.3 Å². The molecule has 0 spiro atoms. The van der Waals surface area contributed by atoms with Crippen LogP contribution in [0.15, 0.2) is 11.3 Å². The van der Waals surface area contributed by atoms with Gasteiger partial charge in [0, 0.05) is 23.7 Å². The van der Waals surface area contributed by atoms with Crippen LogP contribution in [0.1, 0.15) is 41.5 Å². The fourth-order valence-corrected chi connectivity index (χ4v) is 2.08. The molecule has 0 radical (unpaired) electrons. The molecule has 0 atom stereocenters. The van der Waals surface area contributed by atoms with Crippen LogP contribution < -0.4 is 5.32 Å². The van der Waals surface area contributed by atoms with Gasteiger partial charge >= 0.3 is 0 Å². The summed E-state index contributed by atoms with van der Waals surface area (Å²) in [5.41, 5.74) is 0.878. The molecule has 0 saturated carbocycles. The maximum absolute atomic E-state index is 12.5. The first kappa shape index (κ1) is 14.7. The van der Waals surface area contributed by atoms with Crippen LogP contribution in [0.25, 0.3) is 0 Å². The van der Waals surface area contributed by atoms with Crippen LogP contribution in [0.2, 0.25) is 0 Å². The zero-order valence-electron chi connectivity index (χ0n) is 12.5. The summed E-state index contributed by atoms with van der Waals surface area (Å²) in [6.07, 6.45) is 0. The van der Waals surface area contributed by atoms with Crippen LogP contribution in [0, 0.1) is 10.8 Å². The van der Waals surface area contributed by atoms with E-state index in [2.05, 4.69) is 5.32 Å². The minimum Gasteiger partial charge on any atom is -0.333 e. The van der Waals surface area contributed by atoms with Crippen LogP contribution in [-0.4, -0.2) is 30.3 Å². The monoisotopic (exact) mass is 252 g/mol. The molecule has 0 bridgehead atoms. The lowest BCUT2D eigenvalue weighted by molar-refractivity contribution is -0.131. The second-order valence-corrected chi connectivity index (χ2v) is 6.96. The minimum atomic E-state index is -0.300. The largest absolute Gasteiger partial charge is 0.333 e. The molecule has 0 unspecified atom stereocenters. The second kappa shape index (κ2) is 4.41. The van der Waals surface area contributed by atoms with Crippen molar-refractivity contribution in [1.29, 1.82) is 0 Å². The van der Waals surface area contributed by atoms with Gasteiger partial charge in [-0.05, 0) is 5.41 Å². The number of nitrogens with zero attached hydrogens (tertiary/aromatic N) is 1. The molecule has 0 aromatic carbocycles. The van der Waals surface area contributed by atoms with Crippen LogP contribution in [-0.2, 0) is 9.59 Å². The Morgan fingerprint density at radius 3 is 1.89 bits per heavy atom. The van der Waals surface area contributed by atoms with Gasteiger partial charge in [-0.2, -0.15) is 0 Å². The smallest absolute Gasteiger partial charge is 0.252 e. The van der Waals surface area contributed by atoms with Gasteiger partial charge in [-0.3, -0.25) is 9.59 Å². The zero-order chi connectivity index (χ0) is 14.3. The number of nitrogens with one attached hydrogen (secondary N) is 1. The van der Waals surface area contributed by atoms with Crippen molar-refractivity contribution in [3.8, 4) is 0 Å². The molecule has 18 heavy (non-hydrogen) atoms. The quantitative estimate of drug-likeness (QED) is 0.716. The molecule has 1 aliphatic rings. The molecule has 0 aliphatic carbocycles. The number of hydrogen-bond donors (Lipinski definition) is 1. The highest BCUT2D eigenvalue weighted by Gasteiger charge is 2.37. The number of rotatable bonds is 0. The summed E-state index contributed by atoms with van der Waals surface area (Å²) >= 11 is 0. The molecule has 1 aliphatic heterocycles. The third-order valence-corrected chi connectivity index (χ3v) is 2.96. The van der Waals surface area contributed by atoms with Gasteiger partial charge in [-0.25, -0.2) is 0 Å². The summed E-state index contributed by atoms with van der Waals surface area (Å²) in [5.74, 6) is -0.194. The van der Waals surface area contributed by atoms with Crippen LogP contribution in [0.4, 0.5) is 0 Å². The van der Waals surface area contributed by atoms with Crippen molar-refractivity contribution >= 4 is 11.8 Å².